The number of carbonyl (C=O) groups excluding carboxylic acids is 3. The molecule has 2 aliphatic rings. The highest BCUT2D eigenvalue weighted by molar-refractivity contribution is 7.13. The van der Waals surface area contributed by atoms with Crippen molar-refractivity contribution < 1.29 is 19.1 Å². The fourth-order valence-electron chi connectivity index (χ4n) is 3.29. The third kappa shape index (κ3) is 3.08. The molecule has 2 saturated heterocycles. The second-order valence-corrected chi connectivity index (χ2v) is 7.10. The van der Waals surface area contributed by atoms with Gasteiger partial charge in [-0.25, -0.2) is 14.7 Å². The van der Waals surface area contributed by atoms with Crippen molar-refractivity contribution in [1.29, 1.82) is 0 Å². The number of amides is 3. The molecule has 2 aliphatic heterocycles. The summed E-state index contributed by atoms with van der Waals surface area (Å²) in [7, 11) is 0. The number of rotatable bonds is 3. The van der Waals surface area contributed by atoms with E-state index in [1.165, 1.54) is 16.2 Å². The lowest BCUT2D eigenvalue weighted by Crippen LogP contribution is -2.48. The molecule has 26 heavy (non-hydrogen) atoms. The Morgan fingerprint density at radius 2 is 1.88 bits per heavy atom. The molecule has 0 spiro atoms. The van der Waals surface area contributed by atoms with Crippen LogP contribution in [0.25, 0.3) is 10.6 Å². The summed E-state index contributed by atoms with van der Waals surface area (Å²) in [4.78, 5) is 43.5. The van der Waals surface area contributed by atoms with Gasteiger partial charge in [0.05, 0.1) is 0 Å². The van der Waals surface area contributed by atoms with E-state index < -0.39 is 6.09 Å². The van der Waals surface area contributed by atoms with Crippen LogP contribution in [0.3, 0.4) is 0 Å². The van der Waals surface area contributed by atoms with Gasteiger partial charge in [0.15, 0.2) is 6.61 Å². The summed E-state index contributed by atoms with van der Waals surface area (Å²) in [5, 5.41) is 2.59. The van der Waals surface area contributed by atoms with Crippen molar-refractivity contribution >= 4 is 29.2 Å². The maximum atomic E-state index is 12.7. The zero-order valence-electron chi connectivity index (χ0n) is 14.0. The number of thiazole rings is 1. The Morgan fingerprint density at radius 3 is 2.54 bits per heavy atom. The van der Waals surface area contributed by atoms with Crippen LogP contribution in [0.4, 0.5) is 4.79 Å². The molecule has 0 saturated carbocycles. The highest BCUT2D eigenvalue weighted by Crippen LogP contribution is 2.26. The summed E-state index contributed by atoms with van der Waals surface area (Å²) in [5.41, 5.74) is 1.42. The fraction of sp³-hybridized carbons (Fsp3) is 0.333. The molecule has 134 valence electrons. The second kappa shape index (κ2) is 6.87. The van der Waals surface area contributed by atoms with Crippen molar-refractivity contribution in [3.63, 3.8) is 0 Å². The van der Waals surface area contributed by atoms with Crippen LogP contribution >= 0.6 is 11.3 Å². The Balaban J connectivity index is 1.40. The molecule has 0 unspecified atom stereocenters. The molecular weight excluding hydrogens is 354 g/mol. The number of hydrogen-bond donors (Lipinski definition) is 0. The van der Waals surface area contributed by atoms with Crippen molar-refractivity contribution in [3.8, 4) is 10.6 Å². The molecule has 3 heterocycles. The quantitative estimate of drug-likeness (QED) is 0.828. The Labute approximate surface area is 154 Å². The summed E-state index contributed by atoms with van der Waals surface area (Å²) in [6.45, 7) is 0.788. The van der Waals surface area contributed by atoms with E-state index >= 15 is 0 Å². The van der Waals surface area contributed by atoms with Crippen LogP contribution in [0.2, 0.25) is 0 Å². The van der Waals surface area contributed by atoms with Crippen LogP contribution in [0.15, 0.2) is 35.7 Å². The fourth-order valence-corrected chi connectivity index (χ4v) is 4.09. The first-order valence-electron chi connectivity index (χ1n) is 8.42. The molecule has 0 radical (unpaired) electrons. The van der Waals surface area contributed by atoms with Crippen LogP contribution in [-0.2, 0) is 9.53 Å². The summed E-state index contributed by atoms with van der Waals surface area (Å²) in [6.07, 6.45) is 0.539. The number of nitrogens with zero attached hydrogens (tertiary/aromatic N) is 3. The Kier molecular flexibility index (Phi) is 4.42. The number of carbonyl (C=O) groups is 3. The molecule has 8 heteroatoms. The molecule has 1 aromatic heterocycles. The van der Waals surface area contributed by atoms with Gasteiger partial charge in [-0.2, -0.15) is 0 Å². The van der Waals surface area contributed by atoms with Crippen LogP contribution in [0, 0.1) is 0 Å². The minimum absolute atomic E-state index is 0.114. The van der Waals surface area contributed by atoms with Crippen molar-refractivity contribution in [1.82, 2.24) is 14.8 Å². The first-order valence-corrected chi connectivity index (χ1v) is 9.30. The molecule has 2 aromatic rings. The number of likely N-dealkylation sites (tertiary alicyclic amines) is 1. The van der Waals surface area contributed by atoms with Crippen molar-refractivity contribution in [2.45, 2.75) is 18.9 Å². The van der Waals surface area contributed by atoms with Crippen LogP contribution in [0.5, 0.6) is 0 Å². The number of ether oxygens (including phenoxy) is 1. The molecule has 4 rings (SSSR count). The zero-order valence-corrected chi connectivity index (χ0v) is 14.8. The molecule has 1 aromatic carbocycles. The lowest BCUT2D eigenvalue weighted by Gasteiger charge is -2.34. The van der Waals surface area contributed by atoms with Gasteiger partial charge >= 0.3 is 6.09 Å². The molecule has 0 atom stereocenters. The maximum Gasteiger partial charge on any atom is 0.417 e. The molecule has 0 bridgehead atoms. The summed E-state index contributed by atoms with van der Waals surface area (Å²) < 4.78 is 4.77. The SMILES string of the molecule is O=C(c1csc(-c2ccccc2)n1)N1CCC(N2C(=O)COC2=O)CC1. The number of benzene rings is 1. The number of imide groups is 1. The van der Waals surface area contributed by atoms with E-state index in [0.29, 0.717) is 31.6 Å². The first-order chi connectivity index (χ1) is 12.6. The zero-order chi connectivity index (χ0) is 18.1. The van der Waals surface area contributed by atoms with Crippen LogP contribution in [-0.4, -0.2) is 58.4 Å². The summed E-state index contributed by atoms with van der Waals surface area (Å²) >= 11 is 1.44. The van der Waals surface area contributed by atoms with Gasteiger partial charge < -0.3 is 9.64 Å². The van der Waals surface area contributed by atoms with E-state index in [4.69, 9.17) is 4.74 Å². The average Bonchev–Trinajstić information content (AvgIpc) is 3.29. The third-order valence-corrected chi connectivity index (χ3v) is 5.54. The van der Waals surface area contributed by atoms with Crippen molar-refractivity contribution in [3.05, 3.63) is 41.4 Å². The van der Waals surface area contributed by atoms with Crippen LogP contribution in [0.1, 0.15) is 23.3 Å². The van der Waals surface area contributed by atoms with E-state index in [2.05, 4.69) is 4.98 Å². The van der Waals surface area contributed by atoms with Gasteiger partial charge in [-0.15, -0.1) is 11.3 Å². The number of hydrogen-bond acceptors (Lipinski definition) is 6. The minimum atomic E-state index is -0.577. The number of cyclic esters (lactones) is 1. The molecule has 0 N–H and O–H groups in total. The highest BCUT2D eigenvalue weighted by atomic mass is 32.1. The Hall–Kier alpha value is -2.74. The standard InChI is InChI=1S/C18H17N3O4S/c22-15-10-25-18(24)21(15)13-6-8-20(9-7-13)17(23)14-11-26-16(19-14)12-4-2-1-3-5-12/h1-5,11,13H,6-10H2. The predicted octanol–water partition coefficient (Wildman–Crippen LogP) is 2.39. The minimum Gasteiger partial charge on any atom is -0.439 e. The predicted molar refractivity (Wildman–Crippen MR) is 94.7 cm³/mol. The van der Waals surface area contributed by atoms with E-state index in [1.54, 1.807) is 10.3 Å². The lowest BCUT2D eigenvalue weighted by atomic mass is 10.0. The monoisotopic (exact) mass is 371 g/mol. The maximum absolute atomic E-state index is 12.7. The molecule has 7 nitrogen and oxygen atoms in total. The van der Waals surface area contributed by atoms with Crippen LogP contribution < -0.4 is 0 Å². The molecule has 2 fully saturated rings. The topological polar surface area (TPSA) is 79.8 Å². The first kappa shape index (κ1) is 16.7. The van der Waals surface area contributed by atoms with Crippen molar-refractivity contribution in [2.75, 3.05) is 19.7 Å². The lowest BCUT2D eigenvalue weighted by molar-refractivity contribution is -0.127. The highest BCUT2D eigenvalue weighted by Gasteiger charge is 2.39. The number of aromatic nitrogens is 1. The van der Waals surface area contributed by atoms with Gasteiger partial charge in [0.25, 0.3) is 11.8 Å². The smallest absolute Gasteiger partial charge is 0.417 e. The third-order valence-electron chi connectivity index (χ3n) is 4.65. The average molecular weight is 371 g/mol. The summed E-state index contributed by atoms with van der Waals surface area (Å²) in [5.74, 6) is -0.413. The van der Waals surface area contributed by atoms with E-state index in [-0.39, 0.29) is 24.5 Å². The Morgan fingerprint density at radius 1 is 1.15 bits per heavy atom. The van der Waals surface area contributed by atoms with Gasteiger partial charge in [-0.3, -0.25) is 9.59 Å². The van der Waals surface area contributed by atoms with E-state index in [0.717, 1.165) is 10.6 Å². The molecule has 3 amide bonds. The van der Waals surface area contributed by atoms with Gasteiger partial charge in [0, 0.05) is 30.1 Å². The second-order valence-electron chi connectivity index (χ2n) is 6.25. The Bertz CT molecular complexity index is 827. The molecule has 0 aliphatic carbocycles. The van der Waals surface area contributed by atoms with Gasteiger partial charge in [-0.1, -0.05) is 30.3 Å². The van der Waals surface area contributed by atoms with Gasteiger partial charge in [0.2, 0.25) is 0 Å². The largest absolute Gasteiger partial charge is 0.439 e. The van der Waals surface area contributed by atoms with Gasteiger partial charge in [-0.05, 0) is 12.8 Å². The van der Waals surface area contributed by atoms with Gasteiger partial charge in [0.1, 0.15) is 10.7 Å². The van der Waals surface area contributed by atoms with E-state index in [1.807, 2.05) is 30.3 Å². The molecular formula is C18H17N3O4S. The van der Waals surface area contributed by atoms with Crippen molar-refractivity contribution in [2.24, 2.45) is 0 Å². The normalized spacial score (nSPS) is 18.3. The summed E-state index contributed by atoms with van der Waals surface area (Å²) in [6, 6.07) is 9.54. The number of piperidine rings is 1. The van der Waals surface area contributed by atoms with E-state index in [9.17, 15) is 14.4 Å².